The highest BCUT2D eigenvalue weighted by Gasteiger charge is 2.33. The van der Waals surface area contributed by atoms with Crippen LogP contribution in [0.4, 0.5) is 8.78 Å². The van der Waals surface area contributed by atoms with Gasteiger partial charge < -0.3 is 0 Å². The van der Waals surface area contributed by atoms with Gasteiger partial charge in [0.05, 0.1) is 0 Å². The molecular formula is C20H18F2Si. The molecule has 0 aromatic heterocycles. The maximum atomic E-state index is 14.0. The fourth-order valence-corrected chi connectivity index (χ4v) is 7.00. The minimum Gasteiger partial charge on any atom is -0.207 e. The molecule has 0 bridgehead atoms. The molecule has 0 saturated heterocycles. The second-order valence-corrected chi connectivity index (χ2v) is 11.1. The molecule has 0 amide bonds. The van der Waals surface area contributed by atoms with Crippen LogP contribution in [-0.2, 0) is 12.8 Å². The van der Waals surface area contributed by atoms with Gasteiger partial charge in [0.1, 0.15) is 19.7 Å². The fourth-order valence-electron chi connectivity index (χ4n) is 3.90. The van der Waals surface area contributed by atoms with Gasteiger partial charge in [-0.05, 0) is 57.6 Å². The summed E-state index contributed by atoms with van der Waals surface area (Å²) >= 11 is 0. The van der Waals surface area contributed by atoms with Crippen molar-refractivity contribution in [3.8, 4) is 0 Å². The first-order valence-electron chi connectivity index (χ1n) is 7.97. The molecule has 4 rings (SSSR count). The minimum absolute atomic E-state index is 0.122. The highest BCUT2D eigenvalue weighted by atomic mass is 28.3. The van der Waals surface area contributed by atoms with E-state index < -0.39 is 8.07 Å². The quantitative estimate of drug-likeness (QED) is 0.735. The van der Waals surface area contributed by atoms with Gasteiger partial charge in [-0.25, -0.2) is 8.78 Å². The van der Waals surface area contributed by atoms with Crippen molar-refractivity contribution in [2.24, 2.45) is 0 Å². The zero-order valence-electron chi connectivity index (χ0n) is 13.3. The van der Waals surface area contributed by atoms with Gasteiger partial charge in [-0.15, -0.1) is 0 Å². The Morgan fingerprint density at radius 1 is 0.739 bits per heavy atom. The van der Waals surface area contributed by atoms with Gasteiger partial charge in [0, 0.05) is 0 Å². The van der Waals surface area contributed by atoms with Crippen molar-refractivity contribution in [2.45, 2.75) is 25.9 Å². The molecule has 2 aromatic rings. The minimum atomic E-state index is -2.05. The van der Waals surface area contributed by atoms with Crippen LogP contribution in [0.3, 0.4) is 0 Å². The number of hydrogen-bond donors (Lipinski definition) is 0. The van der Waals surface area contributed by atoms with Crippen LogP contribution in [0.1, 0.15) is 22.3 Å². The molecule has 2 aliphatic carbocycles. The Kier molecular flexibility index (Phi) is 3.17. The third-order valence-electron chi connectivity index (χ3n) is 5.16. The summed E-state index contributed by atoms with van der Waals surface area (Å²) in [5.41, 5.74) is 3.69. The Hall–Kier alpha value is -2.00. The maximum Gasteiger partial charge on any atom is 0.127 e. The van der Waals surface area contributed by atoms with E-state index in [-0.39, 0.29) is 11.6 Å². The van der Waals surface area contributed by atoms with E-state index in [1.807, 2.05) is 36.4 Å². The lowest BCUT2D eigenvalue weighted by Gasteiger charge is -2.28. The average molecular weight is 324 g/mol. The molecular weight excluding hydrogens is 306 g/mol. The van der Waals surface area contributed by atoms with Gasteiger partial charge in [-0.3, -0.25) is 0 Å². The van der Waals surface area contributed by atoms with Crippen LogP contribution in [0.5, 0.6) is 0 Å². The molecule has 2 aliphatic rings. The van der Waals surface area contributed by atoms with E-state index in [1.54, 1.807) is 12.1 Å². The molecule has 0 saturated carbocycles. The second-order valence-electron chi connectivity index (χ2n) is 6.81. The molecule has 3 heteroatoms. The standard InChI is InChI=1S/C20H18F2Si/c1-23(2,19-11-9-17(21)13-5-3-7-15(13)19)20-12-10-18(22)14-6-4-8-16(14)20/h3-4,7-12H,5-6H2,1-2H3. The van der Waals surface area contributed by atoms with Crippen LogP contribution in [0.15, 0.2) is 36.4 Å². The van der Waals surface area contributed by atoms with Crippen molar-refractivity contribution in [1.82, 2.24) is 0 Å². The number of halogens is 2. The first-order chi connectivity index (χ1) is 11.0. The summed E-state index contributed by atoms with van der Waals surface area (Å²) in [5, 5.41) is 2.47. The van der Waals surface area contributed by atoms with Gasteiger partial charge in [0.25, 0.3) is 0 Å². The lowest BCUT2D eigenvalue weighted by Crippen LogP contribution is -2.55. The molecule has 0 aliphatic heterocycles. The van der Waals surface area contributed by atoms with Crippen molar-refractivity contribution in [2.75, 3.05) is 0 Å². The van der Waals surface area contributed by atoms with E-state index in [4.69, 9.17) is 0 Å². The van der Waals surface area contributed by atoms with E-state index in [0.717, 1.165) is 22.3 Å². The molecule has 23 heavy (non-hydrogen) atoms. The van der Waals surface area contributed by atoms with Crippen molar-refractivity contribution in [3.05, 3.63) is 70.3 Å². The van der Waals surface area contributed by atoms with Crippen LogP contribution in [0.2, 0.25) is 13.1 Å². The molecule has 0 fully saturated rings. The topological polar surface area (TPSA) is 0 Å². The third kappa shape index (κ3) is 2.07. The number of fused-ring (bicyclic) bond motifs is 2. The van der Waals surface area contributed by atoms with Gasteiger partial charge in [-0.2, -0.15) is 0 Å². The SMILES string of the molecule is C[Si](C)(c1ccc(F)c2c1C=CC2)c1ccc(F)c2c1C=CC2. The molecule has 0 N–H and O–H groups in total. The molecule has 2 aromatic carbocycles. The third-order valence-corrected chi connectivity index (χ3v) is 8.72. The zero-order valence-corrected chi connectivity index (χ0v) is 14.3. The summed E-state index contributed by atoms with van der Waals surface area (Å²) in [7, 11) is -2.05. The van der Waals surface area contributed by atoms with E-state index in [2.05, 4.69) is 13.1 Å². The van der Waals surface area contributed by atoms with Crippen molar-refractivity contribution in [3.63, 3.8) is 0 Å². The first kappa shape index (κ1) is 14.6. The van der Waals surface area contributed by atoms with Crippen LogP contribution >= 0.6 is 0 Å². The Labute approximate surface area is 136 Å². The largest absolute Gasteiger partial charge is 0.207 e. The lowest BCUT2D eigenvalue weighted by atomic mass is 10.1. The molecule has 116 valence electrons. The fraction of sp³-hybridized carbons (Fsp3) is 0.200. The Bertz CT molecular complexity index is 804. The Morgan fingerprint density at radius 3 is 1.61 bits per heavy atom. The van der Waals surface area contributed by atoms with E-state index in [9.17, 15) is 8.78 Å². The molecule has 0 spiro atoms. The monoisotopic (exact) mass is 324 g/mol. The first-order valence-corrected chi connectivity index (χ1v) is 11.0. The summed E-state index contributed by atoms with van der Waals surface area (Å²) < 4.78 is 28.1. The molecule has 0 unspecified atom stereocenters. The summed E-state index contributed by atoms with van der Waals surface area (Å²) in [6.45, 7) is 4.54. The van der Waals surface area contributed by atoms with E-state index >= 15 is 0 Å². The second kappa shape index (κ2) is 5.00. The molecule has 0 heterocycles. The molecule has 0 atom stereocenters. The van der Waals surface area contributed by atoms with Crippen LogP contribution in [0, 0.1) is 11.6 Å². The van der Waals surface area contributed by atoms with Crippen molar-refractivity contribution in [1.29, 1.82) is 0 Å². The number of benzene rings is 2. The van der Waals surface area contributed by atoms with Crippen LogP contribution in [-0.4, -0.2) is 8.07 Å². The number of rotatable bonds is 2. The number of allylic oxidation sites excluding steroid dienone is 2. The summed E-state index contributed by atoms with van der Waals surface area (Å²) in [4.78, 5) is 0. The van der Waals surface area contributed by atoms with Crippen LogP contribution in [0.25, 0.3) is 12.2 Å². The number of hydrogen-bond acceptors (Lipinski definition) is 0. The van der Waals surface area contributed by atoms with Crippen molar-refractivity contribution < 1.29 is 8.78 Å². The van der Waals surface area contributed by atoms with Gasteiger partial charge in [0.15, 0.2) is 0 Å². The normalized spacial score (nSPS) is 15.1. The average Bonchev–Trinajstić information content (AvgIpc) is 3.17. The Morgan fingerprint density at radius 2 is 1.17 bits per heavy atom. The molecule has 0 nitrogen and oxygen atoms in total. The van der Waals surface area contributed by atoms with Gasteiger partial charge in [-0.1, -0.05) is 49.5 Å². The van der Waals surface area contributed by atoms with E-state index in [1.165, 1.54) is 10.4 Å². The maximum absolute atomic E-state index is 14.0. The molecule has 0 radical (unpaired) electrons. The smallest absolute Gasteiger partial charge is 0.127 e. The van der Waals surface area contributed by atoms with Crippen molar-refractivity contribution >= 4 is 30.6 Å². The summed E-state index contributed by atoms with van der Waals surface area (Å²) in [5.74, 6) is -0.245. The Balaban J connectivity index is 1.94. The highest BCUT2D eigenvalue weighted by Crippen LogP contribution is 2.26. The predicted molar refractivity (Wildman–Crippen MR) is 95.0 cm³/mol. The van der Waals surface area contributed by atoms with Crippen LogP contribution < -0.4 is 10.4 Å². The predicted octanol–water partition coefficient (Wildman–Crippen LogP) is 3.93. The van der Waals surface area contributed by atoms with Gasteiger partial charge >= 0.3 is 0 Å². The summed E-state index contributed by atoms with van der Waals surface area (Å²) in [6.07, 6.45) is 9.47. The van der Waals surface area contributed by atoms with Gasteiger partial charge in [0.2, 0.25) is 0 Å². The summed E-state index contributed by atoms with van der Waals surface area (Å²) in [6, 6.07) is 7.06. The highest BCUT2D eigenvalue weighted by molar-refractivity contribution is 7.01. The zero-order chi connectivity index (χ0) is 16.2. The lowest BCUT2D eigenvalue weighted by molar-refractivity contribution is 0.616. The van der Waals surface area contributed by atoms with E-state index in [0.29, 0.717) is 12.8 Å².